The number of nitrogens with one attached hydrogen (secondary N) is 1. The lowest BCUT2D eigenvalue weighted by molar-refractivity contribution is 0.415. The Labute approximate surface area is 107 Å². The summed E-state index contributed by atoms with van der Waals surface area (Å²) in [5.74, 6) is 0.833. The third-order valence-electron chi connectivity index (χ3n) is 2.39. The highest BCUT2D eigenvalue weighted by Crippen LogP contribution is 2.16. The summed E-state index contributed by atoms with van der Waals surface area (Å²) in [5.41, 5.74) is 1.92. The summed E-state index contributed by atoms with van der Waals surface area (Å²) in [6, 6.07) is 9.62. The fraction of sp³-hybridized carbons (Fsp3) is 0.308. The summed E-state index contributed by atoms with van der Waals surface area (Å²) in [6.07, 6.45) is 0.748. The molecule has 0 heterocycles. The predicted octanol–water partition coefficient (Wildman–Crippen LogP) is 3.53. The highest BCUT2D eigenvalue weighted by atomic mass is 35.5. The fourth-order valence-corrected chi connectivity index (χ4v) is 1.40. The maximum absolute atomic E-state index is 8.61. The molecule has 1 N–H and O–H groups in total. The summed E-state index contributed by atoms with van der Waals surface area (Å²) < 4.78 is 5.07. The number of anilines is 1. The maximum Gasteiger partial charge on any atom is 0.119 e. The van der Waals surface area contributed by atoms with Crippen molar-refractivity contribution in [1.29, 1.82) is 5.26 Å². The van der Waals surface area contributed by atoms with Crippen LogP contribution in [0.15, 0.2) is 34.9 Å². The van der Waals surface area contributed by atoms with Gasteiger partial charge in [-0.05, 0) is 43.2 Å². The number of hydrogen-bond donors (Lipinski definition) is 1. The van der Waals surface area contributed by atoms with Gasteiger partial charge in [-0.2, -0.15) is 5.26 Å². The Bertz CT molecular complexity index is 432. The van der Waals surface area contributed by atoms with E-state index in [1.807, 2.05) is 37.3 Å². The molecule has 0 radical (unpaired) electrons. The van der Waals surface area contributed by atoms with Crippen LogP contribution in [0.4, 0.5) is 5.69 Å². The van der Waals surface area contributed by atoms with Gasteiger partial charge < -0.3 is 10.1 Å². The fourth-order valence-electron chi connectivity index (χ4n) is 1.31. The number of hydrogen-bond acceptors (Lipinski definition) is 3. The molecule has 4 heteroatoms. The lowest BCUT2D eigenvalue weighted by atomic mass is 10.2. The van der Waals surface area contributed by atoms with E-state index in [1.54, 1.807) is 7.11 Å². The third-order valence-corrected chi connectivity index (χ3v) is 2.80. The van der Waals surface area contributed by atoms with Gasteiger partial charge in [0.2, 0.25) is 0 Å². The molecule has 0 amide bonds. The van der Waals surface area contributed by atoms with Gasteiger partial charge in [-0.15, -0.1) is 0 Å². The van der Waals surface area contributed by atoms with Crippen LogP contribution >= 0.6 is 11.6 Å². The molecule has 1 aromatic carbocycles. The van der Waals surface area contributed by atoms with Crippen LogP contribution in [0.5, 0.6) is 5.75 Å². The van der Waals surface area contributed by atoms with E-state index in [0.717, 1.165) is 30.0 Å². The van der Waals surface area contributed by atoms with Crippen LogP contribution in [0.3, 0.4) is 0 Å². The molecule has 17 heavy (non-hydrogen) atoms. The molecular weight excluding hydrogens is 236 g/mol. The van der Waals surface area contributed by atoms with E-state index in [-0.39, 0.29) is 5.03 Å². The minimum Gasteiger partial charge on any atom is -0.497 e. The largest absolute Gasteiger partial charge is 0.497 e. The predicted molar refractivity (Wildman–Crippen MR) is 70.3 cm³/mol. The van der Waals surface area contributed by atoms with Gasteiger partial charge in [-0.3, -0.25) is 0 Å². The van der Waals surface area contributed by atoms with Crippen LogP contribution in [-0.2, 0) is 0 Å². The van der Waals surface area contributed by atoms with Crippen LogP contribution in [0.2, 0.25) is 0 Å². The average molecular weight is 251 g/mol. The van der Waals surface area contributed by atoms with Gasteiger partial charge in [-0.25, -0.2) is 0 Å². The second-order valence-corrected chi connectivity index (χ2v) is 3.99. The summed E-state index contributed by atoms with van der Waals surface area (Å²) in [4.78, 5) is 0. The number of halogens is 1. The molecule has 0 aliphatic heterocycles. The van der Waals surface area contributed by atoms with Gasteiger partial charge in [0.05, 0.1) is 7.11 Å². The quantitative estimate of drug-likeness (QED) is 0.813. The molecule has 0 unspecified atom stereocenters. The van der Waals surface area contributed by atoms with Gasteiger partial charge in [0.15, 0.2) is 0 Å². The molecule has 1 aromatic rings. The van der Waals surface area contributed by atoms with Gasteiger partial charge >= 0.3 is 0 Å². The maximum atomic E-state index is 8.61. The Morgan fingerprint density at radius 1 is 1.41 bits per heavy atom. The van der Waals surface area contributed by atoms with E-state index in [4.69, 9.17) is 21.6 Å². The zero-order chi connectivity index (χ0) is 12.7. The van der Waals surface area contributed by atoms with E-state index >= 15 is 0 Å². The Hall–Kier alpha value is -1.66. The van der Waals surface area contributed by atoms with Crippen LogP contribution in [0.1, 0.15) is 13.3 Å². The molecule has 0 atom stereocenters. The summed E-state index contributed by atoms with van der Waals surface area (Å²) in [6.45, 7) is 2.61. The van der Waals surface area contributed by atoms with Crippen LogP contribution in [0, 0.1) is 11.3 Å². The highest BCUT2D eigenvalue weighted by molar-refractivity contribution is 6.32. The number of rotatable bonds is 5. The number of benzene rings is 1. The van der Waals surface area contributed by atoms with Crippen LogP contribution in [0.25, 0.3) is 0 Å². The molecule has 3 nitrogen and oxygen atoms in total. The topological polar surface area (TPSA) is 45.0 Å². The molecule has 0 saturated heterocycles. The van der Waals surface area contributed by atoms with Crippen molar-refractivity contribution in [2.75, 3.05) is 19.0 Å². The van der Waals surface area contributed by atoms with E-state index in [9.17, 15) is 0 Å². The van der Waals surface area contributed by atoms with Gasteiger partial charge in [0.1, 0.15) is 16.9 Å². The molecule has 0 spiro atoms. The van der Waals surface area contributed by atoms with Crippen LogP contribution < -0.4 is 10.1 Å². The average Bonchev–Trinajstić information content (AvgIpc) is 2.38. The first-order valence-corrected chi connectivity index (χ1v) is 5.68. The van der Waals surface area contributed by atoms with Crippen molar-refractivity contribution >= 4 is 17.3 Å². The number of ether oxygens (including phenoxy) is 1. The third kappa shape index (κ3) is 4.38. The Balaban J connectivity index is 2.44. The van der Waals surface area contributed by atoms with Crippen molar-refractivity contribution in [1.82, 2.24) is 0 Å². The van der Waals surface area contributed by atoms with Gasteiger partial charge in [0.25, 0.3) is 0 Å². The van der Waals surface area contributed by atoms with Crippen molar-refractivity contribution in [3.05, 3.63) is 34.9 Å². The minimum absolute atomic E-state index is 0.279. The standard InChI is InChI=1S/C13H15ClN2O/c1-10(13(14)9-15)7-8-16-11-3-5-12(17-2)6-4-11/h3-6,16H,7-8H2,1-2H3/b13-10-. The number of nitriles is 1. The summed E-state index contributed by atoms with van der Waals surface area (Å²) >= 11 is 5.71. The van der Waals surface area contributed by atoms with E-state index in [0.29, 0.717) is 0 Å². The molecule has 0 fully saturated rings. The van der Waals surface area contributed by atoms with Crippen LogP contribution in [-0.4, -0.2) is 13.7 Å². The molecular formula is C13H15ClN2O. The monoisotopic (exact) mass is 250 g/mol. The normalized spacial score (nSPS) is 11.4. The molecule has 0 bridgehead atoms. The molecule has 0 saturated carbocycles. The second kappa shape index (κ2) is 6.82. The molecule has 90 valence electrons. The lowest BCUT2D eigenvalue weighted by Gasteiger charge is -2.07. The molecule has 0 aliphatic rings. The molecule has 1 rings (SSSR count). The number of allylic oxidation sites excluding steroid dienone is 1. The second-order valence-electron chi connectivity index (χ2n) is 3.61. The lowest BCUT2D eigenvalue weighted by Crippen LogP contribution is -2.02. The Morgan fingerprint density at radius 3 is 2.59 bits per heavy atom. The number of nitrogens with zero attached hydrogens (tertiary/aromatic N) is 1. The minimum atomic E-state index is 0.279. The summed E-state index contributed by atoms with van der Waals surface area (Å²) in [5, 5.41) is 12.1. The zero-order valence-corrected chi connectivity index (χ0v) is 10.7. The van der Waals surface area contributed by atoms with Crippen molar-refractivity contribution in [3.63, 3.8) is 0 Å². The molecule has 0 aliphatic carbocycles. The summed E-state index contributed by atoms with van der Waals surface area (Å²) in [7, 11) is 1.64. The Kier molecular flexibility index (Phi) is 5.38. The van der Waals surface area contributed by atoms with Crippen molar-refractivity contribution in [2.24, 2.45) is 0 Å². The molecule has 0 aromatic heterocycles. The van der Waals surface area contributed by atoms with Crippen molar-refractivity contribution < 1.29 is 4.74 Å². The van der Waals surface area contributed by atoms with E-state index in [2.05, 4.69) is 5.32 Å². The first kappa shape index (κ1) is 13.4. The first-order chi connectivity index (χ1) is 8.17. The smallest absolute Gasteiger partial charge is 0.119 e. The first-order valence-electron chi connectivity index (χ1n) is 5.30. The SMILES string of the molecule is COc1ccc(NCC/C(C)=C(\Cl)C#N)cc1. The Morgan fingerprint density at radius 2 is 2.06 bits per heavy atom. The van der Waals surface area contributed by atoms with Crippen molar-refractivity contribution in [3.8, 4) is 11.8 Å². The van der Waals surface area contributed by atoms with Crippen molar-refractivity contribution in [2.45, 2.75) is 13.3 Å². The van der Waals surface area contributed by atoms with Gasteiger partial charge in [-0.1, -0.05) is 11.6 Å². The highest BCUT2D eigenvalue weighted by Gasteiger charge is 1.98. The van der Waals surface area contributed by atoms with Gasteiger partial charge in [0, 0.05) is 12.2 Å². The zero-order valence-electron chi connectivity index (χ0n) is 9.96. The number of methoxy groups -OCH3 is 1. The van der Waals surface area contributed by atoms with E-state index < -0.39 is 0 Å². The van der Waals surface area contributed by atoms with E-state index in [1.165, 1.54) is 0 Å².